The number of hydrogen-bond acceptors (Lipinski definition) is 5. The highest BCUT2D eigenvalue weighted by Crippen LogP contribution is 2.22. The second kappa shape index (κ2) is 6.82. The number of amides is 2. The van der Waals surface area contributed by atoms with E-state index in [1.54, 1.807) is 24.3 Å². The lowest BCUT2D eigenvalue weighted by atomic mass is 10.1. The molecule has 2 aromatic carbocycles. The standard InChI is InChI=1S/C18H15N3O3S/c1-11-5-7-13(8-6-11)21-17(24)15(16(23)20-18(21)25)10-19-12-3-2-4-14(22)9-12/h2-10,15,22H,1H3,(H,20,23,25)/t15-/m1/s1. The molecule has 0 aliphatic carbocycles. The quantitative estimate of drug-likeness (QED) is 0.504. The molecule has 25 heavy (non-hydrogen) atoms. The minimum Gasteiger partial charge on any atom is -0.508 e. The maximum Gasteiger partial charge on any atom is 0.251 e. The van der Waals surface area contributed by atoms with Gasteiger partial charge in [0.25, 0.3) is 5.91 Å². The Bertz CT molecular complexity index is 877. The largest absolute Gasteiger partial charge is 0.508 e. The van der Waals surface area contributed by atoms with Crippen LogP contribution in [0.4, 0.5) is 11.4 Å². The van der Waals surface area contributed by atoms with Crippen molar-refractivity contribution in [1.82, 2.24) is 5.32 Å². The van der Waals surface area contributed by atoms with Crippen LogP contribution in [-0.2, 0) is 9.59 Å². The van der Waals surface area contributed by atoms with E-state index in [2.05, 4.69) is 10.3 Å². The minimum absolute atomic E-state index is 0.0425. The maximum atomic E-state index is 12.8. The van der Waals surface area contributed by atoms with E-state index in [0.717, 1.165) is 5.56 Å². The van der Waals surface area contributed by atoms with E-state index in [9.17, 15) is 14.7 Å². The second-order valence-electron chi connectivity index (χ2n) is 5.58. The smallest absolute Gasteiger partial charge is 0.251 e. The van der Waals surface area contributed by atoms with Gasteiger partial charge in [-0.25, -0.2) is 0 Å². The summed E-state index contributed by atoms with van der Waals surface area (Å²) in [6.45, 7) is 1.94. The average molecular weight is 353 g/mol. The van der Waals surface area contributed by atoms with Crippen molar-refractivity contribution in [3.63, 3.8) is 0 Å². The predicted molar refractivity (Wildman–Crippen MR) is 99.2 cm³/mol. The number of thiocarbonyl (C=S) groups is 1. The Labute approximate surface area is 149 Å². The van der Waals surface area contributed by atoms with Crippen LogP contribution >= 0.6 is 12.2 Å². The summed E-state index contributed by atoms with van der Waals surface area (Å²) in [7, 11) is 0. The third-order valence-electron chi connectivity index (χ3n) is 3.70. The van der Waals surface area contributed by atoms with Gasteiger partial charge in [0.1, 0.15) is 5.75 Å². The van der Waals surface area contributed by atoms with Crippen molar-refractivity contribution >= 4 is 46.7 Å². The van der Waals surface area contributed by atoms with Gasteiger partial charge in [-0.05, 0) is 43.4 Å². The highest BCUT2D eigenvalue weighted by molar-refractivity contribution is 7.80. The lowest BCUT2D eigenvalue weighted by Crippen LogP contribution is -2.58. The molecule has 126 valence electrons. The highest BCUT2D eigenvalue weighted by Gasteiger charge is 2.38. The highest BCUT2D eigenvalue weighted by atomic mass is 32.1. The molecular formula is C18H15N3O3S. The van der Waals surface area contributed by atoms with Crippen molar-refractivity contribution in [2.24, 2.45) is 10.9 Å². The van der Waals surface area contributed by atoms with Crippen molar-refractivity contribution < 1.29 is 14.7 Å². The molecule has 2 aromatic rings. The Kier molecular flexibility index (Phi) is 4.58. The van der Waals surface area contributed by atoms with Crippen LogP contribution in [0.5, 0.6) is 5.75 Å². The maximum absolute atomic E-state index is 12.8. The molecule has 1 heterocycles. The van der Waals surface area contributed by atoms with Crippen LogP contribution in [0.25, 0.3) is 0 Å². The molecule has 1 aliphatic rings. The molecule has 0 saturated carbocycles. The van der Waals surface area contributed by atoms with Crippen LogP contribution in [0.3, 0.4) is 0 Å². The van der Waals surface area contributed by atoms with E-state index in [-0.39, 0.29) is 10.9 Å². The molecule has 1 fully saturated rings. The topological polar surface area (TPSA) is 82.0 Å². The molecule has 0 unspecified atom stereocenters. The summed E-state index contributed by atoms with van der Waals surface area (Å²) < 4.78 is 0. The third kappa shape index (κ3) is 3.56. The van der Waals surface area contributed by atoms with Crippen molar-refractivity contribution in [3.05, 3.63) is 54.1 Å². The number of carbonyl (C=O) groups excluding carboxylic acids is 2. The Balaban J connectivity index is 1.89. The molecule has 6 nitrogen and oxygen atoms in total. The fraction of sp³-hybridized carbons (Fsp3) is 0.111. The number of rotatable bonds is 3. The number of aryl methyl sites for hydroxylation is 1. The normalized spacial score (nSPS) is 17.9. The van der Waals surface area contributed by atoms with Crippen molar-refractivity contribution in [2.45, 2.75) is 6.92 Å². The van der Waals surface area contributed by atoms with E-state index in [4.69, 9.17) is 12.2 Å². The van der Waals surface area contributed by atoms with Gasteiger partial charge in [0.2, 0.25) is 5.91 Å². The fourth-order valence-electron chi connectivity index (χ4n) is 2.39. The molecule has 1 saturated heterocycles. The summed E-state index contributed by atoms with van der Waals surface area (Å²) in [5.41, 5.74) is 2.07. The van der Waals surface area contributed by atoms with Gasteiger partial charge in [-0.2, -0.15) is 0 Å². The first-order chi connectivity index (χ1) is 12.0. The van der Waals surface area contributed by atoms with E-state index >= 15 is 0 Å². The van der Waals surface area contributed by atoms with E-state index in [0.29, 0.717) is 11.4 Å². The summed E-state index contributed by atoms with van der Waals surface area (Å²) in [6.07, 6.45) is 1.26. The molecule has 0 aromatic heterocycles. The molecule has 1 aliphatic heterocycles. The number of benzene rings is 2. The van der Waals surface area contributed by atoms with Crippen LogP contribution < -0.4 is 10.2 Å². The van der Waals surface area contributed by atoms with Crippen LogP contribution in [0.15, 0.2) is 53.5 Å². The number of nitrogens with zero attached hydrogens (tertiary/aromatic N) is 2. The summed E-state index contributed by atoms with van der Waals surface area (Å²) in [5, 5.41) is 12.0. The van der Waals surface area contributed by atoms with Crippen LogP contribution in [0, 0.1) is 12.8 Å². The molecule has 1 atom stereocenters. The van der Waals surface area contributed by atoms with Crippen molar-refractivity contribution in [2.75, 3.05) is 4.90 Å². The SMILES string of the molecule is Cc1ccc(N2C(=O)[C@H](C=Nc3cccc(O)c3)C(=O)NC2=S)cc1. The van der Waals surface area contributed by atoms with Crippen LogP contribution in [0.1, 0.15) is 5.56 Å². The molecule has 2 N–H and O–H groups in total. The Morgan fingerprint density at radius 3 is 2.60 bits per heavy atom. The van der Waals surface area contributed by atoms with Gasteiger partial charge in [-0.3, -0.25) is 19.5 Å². The molecule has 0 spiro atoms. The number of anilines is 1. The summed E-state index contributed by atoms with van der Waals surface area (Å²) in [6, 6.07) is 13.5. The number of aromatic hydroxyl groups is 1. The zero-order valence-corrected chi connectivity index (χ0v) is 14.2. The predicted octanol–water partition coefficient (Wildman–Crippen LogP) is 2.47. The zero-order chi connectivity index (χ0) is 18.0. The third-order valence-corrected chi connectivity index (χ3v) is 3.98. The number of phenols is 1. The number of phenolic OH excluding ortho intramolecular Hbond substituents is 1. The minimum atomic E-state index is -1.10. The van der Waals surface area contributed by atoms with Gasteiger partial charge in [0, 0.05) is 12.3 Å². The summed E-state index contributed by atoms with van der Waals surface area (Å²) in [4.78, 5) is 30.3. The molecule has 0 radical (unpaired) electrons. The summed E-state index contributed by atoms with van der Waals surface area (Å²) >= 11 is 5.14. The van der Waals surface area contributed by atoms with Gasteiger partial charge < -0.3 is 10.4 Å². The molecule has 2 amide bonds. The first-order valence-electron chi connectivity index (χ1n) is 7.54. The fourth-order valence-corrected chi connectivity index (χ4v) is 2.69. The number of nitrogens with one attached hydrogen (secondary N) is 1. The van der Waals surface area contributed by atoms with Gasteiger partial charge in [-0.15, -0.1) is 0 Å². The number of carbonyl (C=O) groups is 2. The van der Waals surface area contributed by atoms with Gasteiger partial charge >= 0.3 is 0 Å². The van der Waals surface area contributed by atoms with E-state index in [1.807, 2.05) is 19.1 Å². The Morgan fingerprint density at radius 1 is 1.20 bits per heavy atom. The lowest BCUT2D eigenvalue weighted by Gasteiger charge is -2.30. The van der Waals surface area contributed by atoms with Crippen molar-refractivity contribution in [3.8, 4) is 5.75 Å². The van der Waals surface area contributed by atoms with Gasteiger partial charge in [0.05, 0.1) is 11.4 Å². The van der Waals surface area contributed by atoms with Crippen LogP contribution in [0.2, 0.25) is 0 Å². The zero-order valence-electron chi connectivity index (χ0n) is 13.3. The summed E-state index contributed by atoms with van der Waals surface area (Å²) in [5.74, 6) is -2.05. The van der Waals surface area contributed by atoms with Gasteiger partial charge in [-0.1, -0.05) is 23.8 Å². The van der Waals surface area contributed by atoms with Crippen molar-refractivity contribution in [1.29, 1.82) is 0 Å². The Hall–Kier alpha value is -3.06. The van der Waals surface area contributed by atoms with E-state index < -0.39 is 17.7 Å². The average Bonchev–Trinajstić information content (AvgIpc) is 2.56. The lowest BCUT2D eigenvalue weighted by molar-refractivity contribution is -0.130. The van der Waals surface area contributed by atoms with Gasteiger partial charge in [0.15, 0.2) is 11.0 Å². The first kappa shape index (κ1) is 16.8. The Morgan fingerprint density at radius 2 is 1.92 bits per heavy atom. The second-order valence-corrected chi connectivity index (χ2v) is 5.97. The molecular weight excluding hydrogens is 338 g/mol. The number of hydrogen-bond donors (Lipinski definition) is 2. The molecule has 7 heteroatoms. The van der Waals surface area contributed by atoms with E-state index in [1.165, 1.54) is 23.2 Å². The van der Waals surface area contributed by atoms with Crippen LogP contribution in [-0.4, -0.2) is 28.2 Å². The molecule has 0 bridgehead atoms. The first-order valence-corrected chi connectivity index (χ1v) is 7.95. The monoisotopic (exact) mass is 353 g/mol. The number of aliphatic imine (C=N–C) groups is 1. The molecule has 3 rings (SSSR count).